The van der Waals surface area contributed by atoms with Crippen LogP contribution in [0.2, 0.25) is 0 Å². The minimum atomic E-state index is -0.499. The Balaban J connectivity index is 0. The summed E-state index contributed by atoms with van der Waals surface area (Å²) in [5.41, 5.74) is 0. The fourth-order valence-corrected chi connectivity index (χ4v) is 1.39. The lowest BCUT2D eigenvalue weighted by atomic mass is 10.1. The van der Waals surface area contributed by atoms with Crippen LogP contribution in [0.25, 0.3) is 0 Å². The molecule has 0 fully saturated rings. The van der Waals surface area contributed by atoms with Gasteiger partial charge in [0, 0.05) is 20.8 Å². The van der Waals surface area contributed by atoms with Crippen molar-refractivity contribution in [1.82, 2.24) is 0 Å². The topological polar surface area (TPSA) is 78.9 Å². The predicted octanol–water partition coefficient (Wildman–Crippen LogP) is 3.44. The third-order valence-corrected chi connectivity index (χ3v) is 2.64. The largest absolute Gasteiger partial charge is 0.466 e. The lowest BCUT2D eigenvalue weighted by molar-refractivity contribution is -0.141. The molecule has 0 spiro atoms. The van der Waals surface area contributed by atoms with Gasteiger partial charge < -0.3 is 13.1 Å². The molecule has 0 rings (SSSR count). The molecule has 0 atom stereocenters. The first kappa shape index (κ1) is 22.0. The van der Waals surface area contributed by atoms with E-state index in [1.807, 2.05) is 0 Å². The maximum atomic E-state index is 10.4. The summed E-state index contributed by atoms with van der Waals surface area (Å²) in [4.78, 5) is 30.3. The van der Waals surface area contributed by atoms with Gasteiger partial charge in [-0.1, -0.05) is 33.1 Å². The normalized spacial score (nSPS) is 9.43. The van der Waals surface area contributed by atoms with Crippen molar-refractivity contribution in [3.63, 3.8) is 0 Å². The van der Waals surface area contributed by atoms with Crippen LogP contribution in [0.15, 0.2) is 0 Å². The Morgan fingerprint density at radius 2 is 1.38 bits per heavy atom. The summed E-state index contributed by atoms with van der Waals surface area (Å²) in [6.45, 7) is 8.94. The van der Waals surface area contributed by atoms with Crippen molar-refractivity contribution >= 4 is 30.2 Å². The molecule has 7 heteroatoms. The van der Waals surface area contributed by atoms with Crippen molar-refractivity contribution in [1.29, 1.82) is 0 Å². The van der Waals surface area contributed by atoms with Crippen LogP contribution in [0.1, 0.15) is 60.3 Å². The van der Waals surface area contributed by atoms with Crippen LogP contribution in [0.5, 0.6) is 0 Å². The number of esters is 1. The van der Waals surface area contributed by atoms with Gasteiger partial charge in [0.15, 0.2) is 0 Å². The van der Waals surface area contributed by atoms with Gasteiger partial charge in [0.05, 0.1) is 6.61 Å². The zero-order valence-electron chi connectivity index (χ0n) is 13.5. The molecule has 0 N–H and O–H groups in total. The van der Waals surface area contributed by atoms with Crippen LogP contribution in [0.4, 0.5) is 0 Å². The average Bonchev–Trinajstić information content (AvgIpc) is 2.32. The average molecular weight is 322 g/mol. The van der Waals surface area contributed by atoms with Crippen LogP contribution in [0, 0.1) is 5.92 Å². The molecule has 6 nitrogen and oxygen atoms in total. The van der Waals surface area contributed by atoms with Gasteiger partial charge >= 0.3 is 17.9 Å². The van der Waals surface area contributed by atoms with Crippen molar-refractivity contribution in [3.8, 4) is 0 Å². The SMILES string of the molecule is CC(=O)OCCCCCC(C)C.CC(=O)OSOC(C)=O. The lowest BCUT2D eigenvalue weighted by Gasteiger charge is -2.04. The molecule has 21 heavy (non-hydrogen) atoms. The van der Waals surface area contributed by atoms with Crippen LogP contribution in [-0.4, -0.2) is 24.5 Å². The van der Waals surface area contributed by atoms with Gasteiger partial charge in [-0.15, -0.1) is 0 Å². The van der Waals surface area contributed by atoms with Crippen molar-refractivity contribution in [2.45, 2.75) is 60.3 Å². The van der Waals surface area contributed by atoms with Gasteiger partial charge in [0.2, 0.25) is 0 Å². The molecule has 0 aromatic heterocycles. The summed E-state index contributed by atoms with van der Waals surface area (Å²) in [6, 6.07) is 0. The maximum Gasteiger partial charge on any atom is 0.317 e. The van der Waals surface area contributed by atoms with E-state index in [-0.39, 0.29) is 5.97 Å². The van der Waals surface area contributed by atoms with Gasteiger partial charge in [-0.25, -0.2) is 0 Å². The predicted molar refractivity (Wildman–Crippen MR) is 81.1 cm³/mol. The van der Waals surface area contributed by atoms with Crippen molar-refractivity contribution in [2.75, 3.05) is 6.61 Å². The number of rotatable bonds is 8. The van der Waals surface area contributed by atoms with Crippen LogP contribution >= 0.6 is 12.3 Å². The van der Waals surface area contributed by atoms with E-state index in [1.165, 1.54) is 40.0 Å². The molecule has 0 bridgehead atoms. The Kier molecular flexibility index (Phi) is 15.9. The molecule has 0 heterocycles. The fourth-order valence-electron chi connectivity index (χ4n) is 1.16. The molecule has 0 saturated heterocycles. The summed E-state index contributed by atoms with van der Waals surface area (Å²) in [7, 11) is 0. The first-order valence-electron chi connectivity index (χ1n) is 6.91. The molecular formula is C14H26O6S. The molecule has 0 aliphatic heterocycles. The monoisotopic (exact) mass is 322 g/mol. The summed E-state index contributed by atoms with van der Waals surface area (Å²) in [5, 5.41) is 0. The van der Waals surface area contributed by atoms with E-state index in [0.29, 0.717) is 18.9 Å². The molecule has 0 radical (unpaired) electrons. The highest BCUT2D eigenvalue weighted by atomic mass is 32.2. The highest BCUT2D eigenvalue weighted by molar-refractivity contribution is 7.90. The third-order valence-electron chi connectivity index (χ3n) is 2.03. The van der Waals surface area contributed by atoms with Crippen LogP contribution < -0.4 is 0 Å². The number of ether oxygens (including phenoxy) is 1. The van der Waals surface area contributed by atoms with Crippen molar-refractivity contribution < 1.29 is 27.5 Å². The first-order valence-corrected chi connectivity index (χ1v) is 7.58. The molecule has 0 unspecified atom stereocenters. The highest BCUT2D eigenvalue weighted by Crippen LogP contribution is 2.07. The molecule has 0 amide bonds. The minimum absolute atomic E-state index is 0.168. The number of carbonyl (C=O) groups excluding carboxylic acids is 3. The fraction of sp³-hybridized carbons (Fsp3) is 0.786. The Morgan fingerprint density at radius 1 is 0.857 bits per heavy atom. The minimum Gasteiger partial charge on any atom is -0.466 e. The Labute approximate surface area is 131 Å². The molecule has 0 aliphatic rings. The smallest absolute Gasteiger partial charge is 0.317 e. The first-order chi connectivity index (χ1) is 9.75. The quantitative estimate of drug-likeness (QED) is 0.385. The Hall–Kier alpha value is -1.24. The van der Waals surface area contributed by atoms with E-state index in [1.54, 1.807) is 0 Å². The van der Waals surface area contributed by atoms with Gasteiger partial charge in [0.1, 0.15) is 0 Å². The van der Waals surface area contributed by atoms with E-state index in [0.717, 1.165) is 12.3 Å². The number of hydrogen-bond acceptors (Lipinski definition) is 7. The second-order valence-electron chi connectivity index (χ2n) is 4.80. The van der Waals surface area contributed by atoms with Crippen molar-refractivity contribution in [2.24, 2.45) is 5.92 Å². The standard InChI is InChI=1S/C10H20O2.C4H6O4S/c1-9(2)7-5-4-6-8-12-10(3)11;1-3(5)7-9-8-4(2)6/h9H,4-8H2,1-3H3;1-2H3. The van der Waals surface area contributed by atoms with Gasteiger partial charge in [-0.3, -0.25) is 14.4 Å². The zero-order chi connectivity index (χ0) is 16.7. The maximum absolute atomic E-state index is 10.4. The van der Waals surface area contributed by atoms with E-state index in [9.17, 15) is 14.4 Å². The highest BCUT2D eigenvalue weighted by Gasteiger charge is 1.97. The second-order valence-corrected chi connectivity index (χ2v) is 5.27. The zero-order valence-corrected chi connectivity index (χ0v) is 14.3. The summed E-state index contributed by atoms with van der Waals surface area (Å²) in [6.07, 6.45) is 4.71. The van der Waals surface area contributed by atoms with Crippen LogP contribution in [-0.2, 0) is 27.5 Å². The van der Waals surface area contributed by atoms with Gasteiger partial charge in [0.25, 0.3) is 12.3 Å². The third kappa shape index (κ3) is 27.8. The molecule has 0 aromatic carbocycles. The van der Waals surface area contributed by atoms with Gasteiger partial charge in [-0.05, 0) is 12.3 Å². The van der Waals surface area contributed by atoms with E-state index in [2.05, 4.69) is 22.2 Å². The Morgan fingerprint density at radius 3 is 1.76 bits per heavy atom. The summed E-state index contributed by atoms with van der Waals surface area (Å²) < 4.78 is 13.2. The van der Waals surface area contributed by atoms with E-state index < -0.39 is 11.9 Å². The number of hydrogen-bond donors (Lipinski definition) is 0. The Bertz CT molecular complexity index is 290. The molecule has 0 aromatic rings. The molecular weight excluding hydrogens is 296 g/mol. The van der Waals surface area contributed by atoms with E-state index >= 15 is 0 Å². The second kappa shape index (κ2) is 15.2. The molecule has 0 aliphatic carbocycles. The van der Waals surface area contributed by atoms with Crippen LogP contribution in [0.3, 0.4) is 0 Å². The number of unbranched alkanes of at least 4 members (excludes halogenated alkanes) is 2. The van der Waals surface area contributed by atoms with E-state index in [4.69, 9.17) is 4.74 Å². The molecule has 124 valence electrons. The molecule has 0 saturated carbocycles. The summed E-state index contributed by atoms with van der Waals surface area (Å²) >= 11 is 0.370. The van der Waals surface area contributed by atoms with Crippen molar-refractivity contribution in [3.05, 3.63) is 0 Å². The number of carbonyl (C=O) groups is 3. The summed E-state index contributed by atoms with van der Waals surface area (Å²) in [5.74, 6) is -0.375. The lowest BCUT2D eigenvalue weighted by Crippen LogP contribution is -2.00. The van der Waals surface area contributed by atoms with Gasteiger partial charge in [-0.2, -0.15) is 0 Å².